The van der Waals surface area contributed by atoms with Crippen LogP contribution in [0.3, 0.4) is 0 Å². The number of halogens is 1. The van der Waals surface area contributed by atoms with E-state index in [0.29, 0.717) is 17.3 Å². The van der Waals surface area contributed by atoms with Crippen LogP contribution in [0.2, 0.25) is 5.02 Å². The van der Waals surface area contributed by atoms with E-state index >= 15 is 0 Å². The van der Waals surface area contributed by atoms with Crippen LogP contribution >= 0.6 is 23.4 Å². The van der Waals surface area contributed by atoms with Gasteiger partial charge in [-0.15, -0.1) is 11.8 Å². The summed E-state index contributed by atoms with van der Waals surface area (Å²) in [5, 5.41) is 3.42. The van der Waals surface area contributed by atoms with Crippen molar-refractivity contribution in [2.45, 2.75) is 24.4 Å². The Hall–Kier alpha value is -1.98. The molecule has 0 aliphatic carbocycles. The third-order valence-electron chi connectivity index (χ3n) is 3.54. The second-order valence-corrected chi connectivity index (χ2v) is 7.23. The van der Waals surface area contributed by atoms with Gasteiger partial charge in [0.05, 0.1) is 0 Å². The molecule has 6 heteroatoms. The summed E-state index contributed by atoms with van der Waals surface area (Å²) >= 11 is 7.40. The molecule has 0 aromatic heterocycles. The first-order chi connectivity index (χ1) is 12.0. The summed E-state index contributed by atoms with van der Waals surface area (Å²) in [6, 6.07) is 16.6. The third-order valence-corrected chi connectivity index (χ3v) is 4.90. The molecule has 0 saturated carbocycles. The van der Waals surface area contributed by atoms with Crippen LogP contribution in [-0.2, 0) is 16.1 Å². The highest BCUT2D eigenvalue weighted by Crippen LogP contribution is 2.21. The van der Waals surface area contributed by atoms with Crippen molar-refractivity contribution in [2.24, 2.45) is 0 Å². The number of nitrogens with zero attached hydrogens (tertiary/aromatic N) is 1. The lowest BCUT2D eigenvalue weighted by Crippen LogP contribution is -2.48. The molecular weight excluding hydrogens is 356 g/mol. The predicted molar refractivity (Wildman–Crippen MR) is 103 cm³/mol. The molecule has 1 N–H and O–H groups in total. The molecule has 0 aliphatic rings. The van der Waals surface area contributed by atoms with Crippen LogP contribution in [0.1, 0.15) is 12.5 Å². The molecule has 0 heterocycles. The van der Waals surface area contributed by atoms with Gasteiger partial charge in [0, 0.05) is 36.2 Å². The summed E-state index contributed by atoms with van der Waals surface area (Å²) in [6.45, 7) is 1.92. The normalized spacial score (nSPS) is 11.6. The van der Waals surface area contributed by atoms with Gasteiger partial charge in [0.15, 0.2) is 0 Å². The molecule has 2 aromatic carbocycles. The molecule has 25 heavy (non-hydrogen) atoms. The number of amides is 2. The van der Waals surface area contributed by atoms with E-state index in [2.05, 4.69) is 5.32 Å². The Balaban J connectivity index is 2.00. The molecule has 4 nitrogen and oxygen atoms in total. The van der Waals surface area contributed by atoms with Gasteiger partial charge in [-0.3, -0.25) is 9.59 Å². The van der Waals surface area contributed by atoms with E-state index in [-0.39, 0.29) is 11.8 Å². The zero-order valence-corrected chi connectivity index (χ0v) is 15.8. The van der Waals surface area contributed by atoms with Crippen molar-refractivity contribution in [3.05, 3.63) is 65.2 Å². The smallest absolute Gasteiger partial charge is 0.246 e. The highest BCUT2D eigenvalue weighted by molar-refractivity contribution is 7.99. The minimum absolute atomic E-state index is 0.111. The average molecular weight is 377 g/mol. The number of carbonyl (C=O) groups is 2. The Kier molecular flexibility index (Phi) is 7.34. The second-order valence-electron chi connectivity index (χ2n) is 5.70. The molecule has 2 rings (SSSR count). The SMILES string of the molecule is CC(=O)NC(CSc1ccc(Cl)cc1)C(=O)N(C)Cc1ccccc1. The van der Waals surface area contributed by atoms with Gasteiger partial charge in [-0.1, -0.05) is 41.9 Å². The van der Waals surface area contributed by atoms with Crippen molar-refractivity contribution >= 4 is 35.2 Å². The summed E-state index contributed by atoms with van der Waals surface area (Å²) in [7, 11) is 1.75. The van der Waals surface area contributed by atoms with Crippen molar-refractivity contribution < 1.29 is 9.59 Å². The van der Waals surface area contributed by atoms with Gasteiger partial charge in [0.2, 0.25) is 11.8 Å². The van der Waals surface area contributed by atoms with Crippen LogP contribution in [0, 0.1) is 0 Å². The van der Waals surface area contributed by atoms with E-state index in [1.54, 1.807) is 24.1 Å². The maximum Gasteiger partial charge on any atom is 0.246 e. The first kappa shape index (κ1) is 19.3. The van der Waals surface area contributed by atoms with E-state index in [1.165, 1.54) is 18.7 Å². The monoisotopic (exact) mass is 376 g/mol. The molecular formula is C19H21ClN2O2S. The van der Waals surface area contributed by atoms with Crippen LogP contribution in [-0.4, -0.2) is 35.6 Å². The summed E-state index contributed by atoms with van der Waals surface area (Å²) in [4.78, 5) is 26.9. The Bertz CT molecular complexity index is 707. The molecule has 0 spiro atoms. The van der Waals surface area contributed by atoms with E-state index in [1.807, 2.05) is 42.5 Å². The summed E-state index contributed by atoms with van der Waals surface area (Å²) in [6.07, 6.45) is 0. The Morgan fingerprint density at radius 2 is 1.76 bits per heavy atom. The van der Waals surface area contributed by atoms with E-state index in [9.17, 15) is 9.59 Å². The fraction of sp³-hybridized carbons (Fsp3) is 0.263. The van der Waals surface area contributed by atoms with E-state index < -0.39 is 6.04 Å². The van der Waals surface area contributed by atoms with Crippen LogP contribution in [0.4, 0.5) is 0 Å². The largest absolute Gasteiger partial charge is 0.344 e. The zero-order valence-electron chi connectivity index (χ0n) is 14.2. The highest BCUT2D eigenvalue weighted by Gasteiger charge is 2.23. The van der Waals surface area contributed by atoms with Crippen molar-refractivity contribution in [3.63, 3.8) is 0 Å². The minimum Gasteiger partial charge on any atom is -0.344 e. The first-order valence-corrected chi connectivity index (χ1v) is 9.26. The first-order valence-electron chi connectivity index (χ1n) is 7.90. The topological polar surface area (TPSA) is 49.4 Å². The number of hydrogen-bond acceptors (Lipinski definition) is 3. The molecule has 0 fully saturated rings. The van der Waals surface area contributed by atoms with E-state index in [0.717, 1.165) is 10.5 Å². The highest BCUT2D eigenvalue weighted by atomic mass is 35.5. The Morgan fingerprint density at radius 1 is 1.12 bits per heavy atom. The number of carbonyl (C=O) groups excluding carboxylic acids is 2. The molecule has 0 saturated heterocycles. The predicted octanol–water partition coefficient (Wildman–Crippen LogP) is 3.60. The van der Waals surface area contributed by atoms with Gasteiger partial charge < -0.3 is 10.2 Å². The van der Waals surface area contributed by atoms with E-state index in [4.69, 9.17) is 11.6 Å². The number of benzene rings is 2. The molecule has 1 atom stereocenters. The molecule has 1 unspecified atom stereocenters. The van der Waals surface area contributed by atoms with Gasteiger partial charge in [-0.2, -0.15) is 0 Å². The summed E-state index contributed by atoms with van der Waals surface area (Å²) < 4.78 is 0. The lowest BCUT2D eigenvalue weighted by Gasteiger charge is -2.24. The van der Waals surface area contributed by atoms with Crippen LogP contribution < -0.4 is 5.32 Å². The molecule has 2 aromatic rings. The quantitative estimate of drug-likeness (QED) is 0.751. The number of rotatable bonds is 7. The Labute approximate surface area is 157 Å². The number of nitrogens with one attached hydrogen (secondary N) is 1. The van der Waals surface area contributed by atoms with Crippen molar-refractivity contribution in [1.82, 2.24) is 10.2 Å². The van der Waals surface area contributed by atoms with Gasteiger partial charge in [-0.05, 0) is 29.8 Å². The third kappa shape index (κ3) is 6.44. The molecule has 132 valence electrons. The van der Waals surface area contributed by atoms with Gasteiger partial charge in [-0.25, -0.2) is 0 Å². The van der Waals surface area contributed by atoms with Crippen LogP contribution in [0.25, 0.3) is 0 Å². The molecule has 0 bridgehead atoms. The molecule has 2 amide bonds. The maximum absolute atomic E-state index is 12.7. The average Bonchev–Trinajstić information content (AvgIpc) is 2.60. The second kappa shape index (κ2) is 9.49. The summed E-state index contributed by atoms with van der Waals surface area (Å²) in [5.74, 6) is 0.128. The number of likely N-dealkylation sites (N-methyl/N-ethyl adjacent to an activating group) is 1. The zero-order chi connectivity index (χ0) is 18.2. The standard InChI is InChI=1S/C19H21ClN2O2S/c1-14(23)21-18(13-25-17-10-8-16(20)9-11-17)19(24)22(2)12-15-6-4-3-5-7-15/h3-11,18H,12-13H2,1-2H3,(H,21,23). The van der Waals surface area contributed by atoms with Gasteiger partial charge in [0.1, 0.15) is 6.04 Å². The number of hydrogen-bond donors (Lipinski definition) is 1. The maximum atomic E-state index is 12.7. The van der Waals surface area contributed by atoms with Gasteiger partial charge in [0.25, 0.3) is 0 Å². The molecule has 0 aliphatic heterocycles. The van der Waals surface area contributed by atoms with Crippen LogP contribution in [0.5, 0.6) is 0 Å². The fourth-order valence-electron chi connectivity index (χ4n) is 2.33. The lowest BCUT2D eigenvalue weighted by molar-refractivity contribution is -0.134. The summed E-state index contributed by atoms with van der Waals surface area (Å²) in [5.41, 5.74) is 1.05. The minimum atomic E-state index is -0.577. The van der Waals surface area contributed by atoms with Crippen molar-refractivity contribution in [2.75, 3.05) is 12.8 Å². The lowest BCUT2D eigenvalue weighted by atomic mass is 10.2. The fourth-order valence-corrected chi connectivity index (χ4v) is 3.37. The molecule has 0 radical (unpaired) electrons. The number of thioether (sulfide) groups is 1. The van der Waals surface area contributed by atoms with Crippen molar-refractivity contribution in [3.8, 4) is 0 Å². The van der Waals surface area contributed by atoms with Crippen LogP contribution in [0.15, 0.2) is 59.5 Å². The van der Waals surface area contributed by atoms with Crippen molar-refractivity contribution in [1.29, 1.82) is 0 Å². The van der Waals surface area contributed by atoms with Gasteiger partial charge >= 0.3 is 0 Å². The Morgan fingerprint density at radius 3 is 2.36 bits per heavy atom.